The van der Waals surface area contributed by atoms with E-state index in [2.05, 4.69) is 15.6 Å². The SMILES string of the molecule is Nc1nc(NC2CCC(=O)NC2=O)c(Cl)cc1Cl. The highest BCUT2D eigenvalue weighted by molar-refractivity contribution is 6.37. The van der Waals surface area contributed by atoms with Crippen LogP contribution in [0, 0.1) is 0 Å². The fraction of sp³-hybridized carbons (Fsp3) is 0.300. The van der Waals surface area contributed by atoms with E-state index >= 15 is 0 Å². The molecule has 1 fully saturated rings. The smallest absolute Gasteiger partial charge is 0.249 e. The van der Waals surface area contributed by atoms with E-state index < -0.39 is 11.9 Å². The fourth-order valence-electron chi connectivity index (χ4n) is 1.58. The van der Waals surface area contributed by atoms with E-state index in [0.29, 0.717) is 6.42 Å². The van der Waals surface area contributed by atoms with Crippen LogP contribution in [0.3, 0.4) is 0 Å². The molecule has 0 radical (unpaired) electrons. The van der Waals surface area contributed by atoms with Crippen LogP contribution in [0.1, 0.15) is 12.8 Å². The molecule has 2 heterocycles. The Labute approximate surface area is 113 Å². The van der Waals surface area contributed by atoms with E-state index in [1.54, 1.807) is 0 Å². The van der Waals surface area contributed by atoms with Gasteiger partial charge in [-0.05, 0) is 12.5 Å². The molecule has 18 heavy (non-hydrogen) atoms. The van der Waals surface area contributed by atoms with E-state index in [0.717, 1.165) is 0 Å². The van der Waals surface area contributed by atoms with Gasteiger partial charge < -0.3 is 11.1 Å². The molecule has 0 saturated carbocycles. The third-order valence-corrected chi connectivity index (χ3v) is 3.10. The number of imide groups is 1. The number of piperidine rings is 1. The molecule has 4 N–H and O–H groups in total. The molecular formula is C10H10Cl2N4O2. The molecule has 2 rings (SSSR count). The summed E-state index contributed by atoms with van der Waals surface area (Å²) in [5.41, 5.74) is 5.55. The number of nitrogens with two attached hydrogens (primary N) is 1. The summed E-state index contributed by atoms with van der Waals surface area (Å²) >= 11 is 11.7. The number of hydrogen-bond donors (Lipinski definition) is 3. The Kier molecular flexibility index (Phi) is 3.58. The van der Waals surface area contributed by atoms with Crippen LogP contribution in [0.25, 0.3) is 0 Å². The van der Waals surface area contributed by atoms with E-state index in [1.165, 1.54) is 6.07 Å². The van der Waals surface area contributed by atoms with Crippen molar-refractivity contribution in [2.45, 2.75) is 18.9 Å². The molecule has 0 bridgehead atoms. The number of aromatic nitrogens is 1. The van der Waals surface area contributed by atoms with E-state index in [1.807, 2.05) is 0 Å². The van der Waals surface area contributed by atoms with Crippen LogP contribution in [-0.4, -0.2) is 22.8 Å². The van der Waals surface area contributed by atoms with Gasteiger partial charge in [0.05, 0.1) is 10.0 Å². The van der Waals surface area contributed by atoms with Crippen molar-refractivity contribution < 1.29 is 9.59 Å². The van der Waals surface area contributed by atoms with Crippen molar-refractivity contribution in [1.29, 1.82) is 0 Å². The first-order chi connectivity index (χ1) is 8.47. The maximum atomic E-state index is 11.5. The highest BCUT2D eigenvalue weighted by Crippen LogP contribution is 2.28. The number of halogens is 2. The van der Waals surface area contributed by atoms with E-state index in [4.69, 9.17) is 28.9 Å². The van der Waals surface area contributed by atoms with Gasteiger partial charge in [-0.1, -0.05) is 23.2 Å². The Hall–Kier alpha value is -1.53. The summed E-state index contributed by atoms with van der Waals surface area (Å²) in [5, 5.41) is 5.58. The lowest BCUT2D eigenvalue weighted by Gasteiger charge is -2.22. The zero-order valence-corrected chi connectivity index (χ0v) is 10.7. The summed E-state index contributed by atoms with van der Waals surface area (Å²) in [7, 11) is 0. The van der Waals surface area contributed by atoms with Crippen molar-refractivity contribution in [2.24, 2.45) is 0 Å². The van der Waals surface area contributed by atoms with Crippen LogP contribution < -0.4 is 16.4 Å². The molecule has 1 aliphatic heterocycles. The van der Waals surface area contributed by atoms with Gasteiger partial charge in [0.1, 0.15) is 17.7 Å². The Morgan fingerprint density at radius 3 is 2.78 bits per heavy atom. The zero-order chi connectivity index (χ0) is 13.3. The van der Waals surface area contributed by atoms with Crippen LogP contribution in [0.5, 0.6) is 0 Å². The summed E-state index contributed by atoms with van der Waals surface area (Å²) in [6.45, 7) is 0. The number of nitrogen functional groups attached to an aromatic ring is 1. The Bertz CT molecular complexity index is 521. The lowest BCUT2D eigenvalue weighted by atomic mass is 10.1. The maximum absolute atomic E-state index is 11.5. The van der Waals surface area contributed by atoms with Crippen molar-refractivity contribution in [2.75, 3.05) is 11.1 Å². The second-order valence-corrected chi connectivity index (χ2v) is 4.65. The Morgan fingerprint density at radius 1 is 1.39 bits per heavy atom. The number of nitrogens with one attached hydrogen (secondary N) is 2. The molecule has 8 heteroatoms. The number of nitrogens with zero attached hydrogens (tertiary/aromatic N) is 1. The minimum Gasteiger partial charge on any atom is -0.382 e. The summed E-state index contributed by atoms with van der Waals surface area (Å²) in [5.74, 6) is -0.297. The molecule has 0 aromatic carbocycles. The third kappa shape index (κ3) is 2.65. The second-order valence-electron chi connectivity index (χ2n) is 3.83. The lowest BCUT2D eigenvalue weighted by molar-refractivity contribution is -0.133. The predicted molar refractivity (Wildman–Crippen MR) is 68.5 cm³/mol. The molecule has 96 valence electrons. The molecular weight excluding hydrogens is 279 g/mol. The number of rotatable bonds is 2. The minimum absolute atomic E-state index is 0.121. The second kappa shape index (κ2) is 4.99. The van der Waals surface area contributed by atoms with Gasteiger partial charge in [-0.3, -0.25) is 14.9 Å². The quantitative estimate of drug-likeness (QED) is 0.710. The molecule has 6 nitrogen and oxygen atoms in total. The van der Waals surface area contributed by atoms with E-state index in [-0.39, 0.29) is 34.0 Å². The molecule has 2 amide bonds. The number of carbonyl (C=O) groups is 2. The van der Waals surface area contributed by atoms with Crippen molar-refractivity contribution in [3.8, 4) is 0 Å². The first-order valence-corrected chi connectivity index (χ1v) is 5.94. The number of anilines is 2. The van der Waals surface area contributed by atoms with Gasteiger partial charge in [-0.15, -0.1) is 0 Å². The molecule has 1 aromatic heterocycles. The van der Waals surface area contributed by atoms with Gasteiger partial charge in [-0.25, -0.2) is 4.98 Å². The fourth-order valence-corrected chi connectivity index (χ4v) is 1.99. The van der Waals surface area contributed by atoms with Crippen molar-refractivity contribution in [3.63, 3.8) is 0 Å². The Morgan fingerprint density at radius 2 is 2.11 bits per heavy atom. The highest BCUT2D eigenvalue weighted by atomic mass is 35.5. The molecule has 1 aliphatic rings. The average molecular weight is 289 g/mol. The van der Waals surface area contributed by atoms with Crippen LogP contribution in [0.15, 0.2) is 6.07 Å². The van der Waals surface area contributed by atoms with Crippen molar-refractivity contribution >= 4 is 46.7 Å². The van der Waals surface area contributed by atoms with Gasteiger partial charge in [0.2, 0.25) is 11.8 Å². The third-order valence-electron chi connectivity index (χ3n) is 2.51. The Balaban J connectivity index is 2.17. The molecule has 0 spiro atoms. The first-order valence-electron chi connectivity index (χ1n) is 5.19. The minimum atomic E-state index is -0.562. The summed E-state index contributed by atoms with van der Waals surface area (Å²) in [6.07, 6.45) is 0.648. The highest BCUT2D eigenvalue weighted by Gasteiger charge is 2.27. The number of carbonyl (C=O) groups excluding carboxylic acids is 2. The monoisotopic (exact) mass is 288 g/mol. The summed E-state index contributed by atoms with van der Waals surface area (Å²) in [6, 6.07) is 0.882. The van der Waals surface area contributed by atoms with E-state index in [9.17, 15) is 9.59 Å². The maximum Gasteiger partial charge on any atom is 0.249 e. The topological polar surface area (TPSA) is 97.1 Å². The number of amides is 2. The van der Waals surface area contributed by atoms with Crippen molar-refractivity contribution in [1.82, 2.24) is 10.3 Å². The van der Waals surface area contributed by atoms with Gasteiger partial charge in [0, 0.05) is 6.42 Å². The lowest BCUT2D eigenvalue weighted by Crippen LogP contribution is -2.47. The largest absolute Gasteiger partial charge is 0.382 e. The van der Waals surface area contributed by atoms with Crippen LogP contribution in [0.2, 0.25) is 10.0 Å². The summed E-state index contributed by atoms with van der Waals surface area (Å²) < 4.78 is 0. The zero-order valence-electron chi connectivity index (χ0n) is 9.17. The average Bonchev–Trinajstić information content (AvgIpc) is 2.29. The molecule has 1 atom stereocenters. The molecule has 1 saturated heterocycles. The first kappa shape index (κ1) is 12.9. The van der Waals surface area contributed by atoms with Gasteiger partial charge >= 0.3 is 0 Å². The number of pyridine rings is 1. The van der Waals surface area contributed by atoms with Crippen molar-refractivity contribution in [3.05, 3.63) is 16.1 Å². The van der Waals surface area contributed by atoms with Gasteiger partial charge in [-0.2, -0.15) is 0 Å². The molecule has 1 unspecified atom stereocenters. The van der Waals surface area contributed by atoms with Crippen LogP contribution in [0.4, 0.5) is 11.6 Å². The summed E-state index contributed by atoms with van der Waals surface area (Å²) in [4.78, 5) is 26.5. The molecule has 0 aliphatic carbocycles. The number of hydrogen-bond acceptors (Lipinski definition) is 5. The van der Waals surface area contributed by atoms with Crippen LogP contribution >= 0.6 is 23.2 Å². The normalized spacial score (nSPS) is 19.6. The van der Waals surface area contributed by atoms with Gasteiger partial charge in [0.25, 0.3) is 0 Å². The standard InChI is InChI=1S/C10H10Cl2N4O2/c11-4-3-5(12)9(16-8(4)13)14-6-1-2-7(17)15-10(6)18/h3,6H,1-2H2,(H3,13,14,16)(H,15,17,18). The predicted octanol–water partition coefficient (Wildman–Crippen LogP) is 1.19. The van der Waals surface area contributed by atoms with Gasteiger partial charge in [0.15, 0.2) is 0 Å². The molecule has 1 aromatic rings. The van der Waals surface area contributed by atoms with Crippen LogP contribution in [-0.2, 0) is 9.59 Å².